The van der Waals surface area contributed by atoms with Gasteiger partial charge in [0.25, 0.3) is 0 Å². The summed E-state index contributed by atoms with van der Waals surface area (Å²) in [5.41, 5.74) is 0.706. The highest BCUT2D eigenvalue weighted by Gasteiger charge is 2.46. The van der Waals surface area contributed by atoms with Crippen LogP contribution < -0.4 is 5.32 Å². The van der Waals surface area contributed by atoms with Gasteiger partial charge in [0, 0.05) is 13.1 Å². The second kappa shape index (κ2) is 5.73. The quantitative estimate of drug-likeness (QED) is 0.917. The van der Waals surface area contributed by atoms with Crippen molar-refractivity contribution in [1.82, 2.24) is 10.2 Å². The molecule has 1 saturated heterocycles. The number of morpholine rings is 1. The van der Waals surface area contributed by atoms with Crippen molar-refractivity contribution in [3.63, 3.8) is 0 Å². The number of nitrogens with zero attached hydrogens (tertiary/aromatic N) is 1. The Morgan fingerprint density at radius 2 is 1.90 bits per heavy atom. The predicted octanol–water partition coefficient (Wildman–Crippen LogP) is 1.65. The van der Waals surface area contributed by atoms with Crippen LogP contribution in [0.5, 0.6) is 0 Å². The zero-order valence-electron chi connectivity index (χ0n) is 12.3. The van der Waals surface area contributed by atoms with Crippen molar-refractivity contribution >= 4 is 5.91 Å². The maximum absolute atomic E-state index is 13.0. The first-order chi connectivity index (χ1) is 10.1. The van der Waals surface area contributed by atoms with E-state index in [0.717, 1.165) is 31.5 Å². The number of nitrogens with one attached hydrogen (secondary N) is 1. The number of benzene rings is 1. The van der Waals surface area contributed by atoms with Crippen LogP contribution in [0.1, 0.15) is 25.3 Å². The SMILES string of the molecule is CC(C(=O)NC1(c2ccc(F)cc2)CC1)N1CCOCC1. The molecule has 5 heteroatoms. The zero-order valence-corrected chi connectivity index (χ0v) is 12.3. The van der Waals surface area contributed by atoms with Crippen LogP contribution >= 0.6 is 0 Å². The number of ether oxygens (including phenoxy) is 1. The van der Waals surface area contributed by atoms with Crippen LogP contribution in [-0.4, -0.2) is 43.2 Å². The van der Waals surface area contributed by atoms with Gasteiger partial charge in [-0.2, -0.15) is 0 Å². The van der Waals surface area contributed by atoms with Crippen molar-refractivity contribution in [3.8, 4) is 0 Å². The van der Waals surface area contributed by atoms with Crippen LogP contribution in [0.25, 0.3) is 0 Å². The van der Waals surface area contributed by atoms with Crippen molar-refractivity contribution in [2.45, 2.75) is 31.3 Å². The first-order valence-electron chi connectivity index (χ1n) is 7.51. The molecule has 2 aliphatic rings. The van der Waals surface area contributed by atoms with E-state index in [4.69, 9.17) is 4.74 Å². The van der Waals surface area contributed by atoms with Gasteiger partial charge in [-0.05, 0) is 37.5 Å². The van der Waals surface area contributed by atoms with Crippen LogP contribution in [0, 0.1) is 5.82 Å². The number of rotatable bonds is 4. The molecule has 0 spiro atoms. The van der Waals surface area contributed by atoms with Crippen LogP contribution in [-0.2, 0) is 15.1 Å². The molecule has 21 heavy (non-hydrogen) atoms. The van der Waals surface area contributed by atoms with E-state index >= 15 is 0 Å². The lowest BCUT2D eigenvalue weighted by atomic mass is 10.0. The van der Waals surface area contributed by atoms with Gasteiger partial charge in [-0.1, -0.05) is 12.1 Å². The standard InChI is InChI=1S/C16H21FN2O2/c1-12(19-8-10-21-11-9-19)15(20)18-16(6-7-16)13-2-4-14(17)5-3-13/h2-5,12H,6-11H2,1H3,(H,18,20). The second-order valence-corrected chi connectivity index (χ2v) is 5.90. The summed E-state index contributed by atoms with van der Waals surface area (Å²) >= 11 is 0. The average molecular weight is 292 g/mol. The third-order valence-corrected chi connectivity index (χ3v) is 4.48. The summed E-state index contributed by atoms with van der Waals surface area (Å²) in [6.45, 7) is 4.87. The molecule has 1 aliphatic heterocycles. The summed E-state index contributed by atoms with van der Waals surface area (Å²) in [4.78, 5) is 14.6. The van der Waals surface area contributed by atoms with Gasteiger partial charge in [0.1, 0.15) is 5.82 Å². The number of hydrogen-bond acceptors (Lipinski definition) is 3. The van der Waals surface area contributed by atoms with Crippen LogP contribution in [0.4, 0.5) is 4.39 Å². The molecule has 1 N–H and O–H groups in total. The van der Waals surface area contributed by atoms with Gasteiger partial charge in [-0.3, -0.25) is 9.69 Å². The number of amides is 1. The van der Waals surface area contributed by atoms with E-state index in [1.165, 1.54) is 12.1 Å². The topological polar surface area (TPSA) is 41.6 Å². The largest absolute Gasteiger partial charge is 0.379 e. The minimum absolute atomic E-state index is 0.0405. The Kier molecular flexibility index (Phi) is 3.95. The molecule has 0 radical (unpaired) electrons. The number of carbonyl (C=O) groups is 1. The third-order valence-electron chi connectivity index (χ3n) is 4.48. The van der Waals surface area contributed by atoms with Gasteiger partial charge >= 0.3 is 0 Å². The van der Waals surface area contributed by atoms with E-state index in [-0.39, 0.29) is 23.3 Å². The minimum Gasteiger partial charge on any atom is -0.379 e. The molecule has 1 aliphatic carbocycles. The van der Waals surface area contributed by atoms with Crippen LogP contribution in [0.15, 0.2) is 24.3 Å². The van der Waals surface area contributed by atoms with E-state index in [2.05, 4.69) is 10.2 Å². The van der Waals surface area contributed by atoms with E-state index in [1.54, 1.807) is 12.1 Å². The lowest BCUT2D eigenvalue weighted by molar-refractivity contribution is -0.128. The molecule has 1 saturated carbocycles. The Morgan fingerprint density at radius 1 is 1.29 bits per heavy atom. The number of hydrogen-bond donors (Lipinski definition) is 1. The van der Waals surface area contributed by atoms with E-state index < -0.39 is 0 Å². The predicted molar refractivity (Wildman–Crippen MR) is 77.3 cm³/mol. The van der Waals surface area contributed by atoms with Crippen LogP contribution in [0.3, 0.4) is 0 Å². The Balaban J connectivity index is 1.65. The lowest BCUT2D eigenvalue weighted by Gasteiger charge is -2.32. The third kappa shape index (κ3) is 3.09. The van der Waals surface area contributed by atoms with Crippen molar-refractivity contribution in [2.75, 3.05) is 26.3 Å². The highest BCUT2D eigenvalue weighted by molar-refractivity contribution is 5.82. The summed E-state index contributed by atoms with van der Waals surface area (Å²) in [6, 6.07) is 6.27. The maximum Gasteiger partial charge on any atom is 0.237 e. The monoisotopic (exact) mass is 292 g/mol. The Hall–Kier alpha value is -1.46. The summed E-state index contributed by atoms with van der Waals surface area (Å²) in [7, 11) is 0. The fraction of sp³-hybridized carbons (Fsp3) is 0.562. The smallest absolute Gasteiger partial charge is 0.237 e. The molecule has 2 fully saturated rings. The first-order valence-corrected chi connectivity index (χ1v) is 7.51. The van der Waals surface area contributed by atoms with Crippen molar-refractivity contribution in [2.24, 2.45) is 0 Å². The van der Waals surface area contributed by atoms with Crippen LogP contribution in [0.2, 0.25) is 0 Å². The van der Waals surface area contributed by atoms with Gasteiger partial charge < -0.3 is 10.1 Å². The summed E-state index contributed by atoms with van der Waals surface area (Å²) in [5.74, 6) is -0.207. The molecule has 1 aromatic carbocycles. The van der Waals surface area contributed by atoms with Crippen molar-refractivity contribution in [1.29, 1.82) is 0 Å². The molecule has 1 unspecified atom stereocenters. The van der Waals surface area contributed by atoms with Gasteiger partial charge in [0.05, 0.1) is 24.8 Å². The number of carbonyl (C=O) groups excluding carboxylic acids is 1. The van der Waals surface area contributed by atoms with Gasteiger partial charge in [0.15, 0.2) is 0 Å². The maximum atomic E-state index is 13.0. The van der Waals surface area contributed by atoms with Crippen molar-refractivity contribution in [3.05, 3.63) is 35.6 Å². The van der Waals surface area contributed by atoms with E-state index in [1.807, 2.05) is 6.92 Å². The fourth-order valence-corrected chi connectivity index (χ4v) is 2.85. The molecule has 4 nitrogen and oxygen atoms in total. The summed E-state index contributed by atoms with van der Waals surface area (Å²) in [5, 5.41) is 3.16. The molecule has 0 bridgehead atoms. The first kappa shape index (κ1) is 14.5. The van der Waals surface area contributed by atoms with E-state index in [9.17, 15) is 9.18 Å². The molecule has 0 aromatic heterocycles. The van der Waals surface area contributed by atoms with Gasteiger partial charge in [0.2, 0.25) is 5.91 Å². The van der Waals surface area contributed by atoms with Crippen molar-refractivity contribution < 1.29 is 13.9 Å². The molecule has 1 aromatic rings. The molecule has 1 atom stereocenters. The normalized spacial score (nSPS) is 22.6. The summed E-state index contributed by atoms with van der Waals surface area (Å²) < 4.78 is 18.3. The molecule has 114 valence electrons. The molecule has 1 heterocycles. The molecular formula is C16H21FN2O2. The average Bonchev–Trinajstić information content (AvgIpc) is 3.28. The van der Waals surface area contributed by atoms with Gasteiger partial charge in [-0.25, -0.2) is 4.39 Å². The zero-order chi connectivity index (χ0) is 14.9. The number of halogens is 1. The van der Waals surface area contributed by atoms with Gasteiger partial charge in [-0.15, -0.1) is 0 Å². The molecular weight excluding hydrogens is 271 g/mol. The Labute approximate surface area is 124 Å². The molecule has 3 rings (SSSR count). The second-order valence-electron chi connectivity index (χ2n) is 5.90. The Morgan fingerprint density at radius 3 is 2.48 bits per heavy atom. The van der Waals surface area contributed by atoms with E-state index in [0.29, 0.717) is 13.2 Å². The highest BCUT2D eigenvalue weighted by Crippen LogP contribution is 2.45. The molecule has 1 amide bonds. The Bertz CT molecular complexity index is 508. The minimum atomic E-state index is -0.286. The highest BCUT2D eigenvalue weighted by atomic mass is 19.1. The lowest BCUT2D eigenvalue weighted by Crippen LogP contribution is -2.51. The fourth-order valence-electron chi connectivity index (χ4n) is 2.85. The summed E-state index contributed by atoms with van der Waals surface area (Å²) in [6.07, 6.45) is 1.83.